The summed E-state index contributed by atoms with van der Waals surface area (Å²) in [6.07, 6.45) is 0.155. The number of nitrogens with one attached hydrogen (secondary N) is 2. The summed E-state index contributed by atoms with van der Waals surface area (Å²) >= 11 is 6.12. The first-order valence-corrected chi connectivity index (χ1v) is 9.09. The second-order valence-electron chi connectivity index (χ2n) is 7.65. The van der Waals surface area contributed by atoms with E-state index >= 15 is 0 Å². The first kappa shape index (κ1) is 18.6. The van der Waals surface area contributed by atoms with Crippen LogP contribution in [-0.2, 0) is 22.5 Å². The molecule has 2 amide bonds. The molecule has 0 spiro atoms. The van der Waals surface area contributed by atoms with E-state index in [0.29, 0.717) is 18.1 Å². The third kappa shape index (κ3) is 3.96. The Bertz CT molecular complexity index is 854. The van der Waals surface area contributed by atoms with Gasteiger partial charge in [-0.1, -0.05) is 11.6 Å². The van der Waals surface area contributed by atoms with Gasteiger partial charge in [-0.05, 0) is 45.9 Å². The van der Waals surface area contributed by atoms with Crippen molar-refractivity contribution in [2.75, 3.05) is 6.54 Å². The molecule has 1 aliphatic rings. The highest BCUT2D eigenvalue weighted by molar-refractivity contribution is 6.31. The molecule has 7 heteroatoms. The molecule has 2 N–H and O–H groups in total. The molecule has 0 bridgehead atoms. The van der Waals surface area contributed by atoms with Crippen molar-refractivity contribution in [1.29, 1.82) is 0 Å². The lowest BCUT2D eigenvalue weighted by molar-refractivity contribution is -0.134. The van der Waals surface area contributed by atoms with Crippen LogP contribution in [0.15, 0.2) is 18.2 Å². The molecule has 0 fully saturated rings. The minimum Gasteiger partial charge on any atom is -0.444 e. The molecule has 140 valence electrons. The summed E-state index contributed by atoms with van der Waals surface area (Å²) in [7, 11) is 0. The SMILES string of the molecule is CC(NC(=O)OC(C)(C)C)C(=O)N1CCc2[nH]c3ccc(Cl)cc3c2C1. The molecular weight excluding hydrogens is 354 g/mol. The Morgan fingerprint density at radius 3 is 2.77 bits per heavy atom. The third-order valence-corrected chi connectivity index (χ3v) is 4.59. The maximum Gasteiger partial charge on any atom is 0.408 e. The summed E-state index contributed by atoms with van der Waals surface area (Å²) in [5.41, 5.74) is 2.65. The molecule has 1 aromatic carbocycles. The lowest BCUT2D eigenvalue weighted by atomic mass is 10.0. The highest BCUT2D eigenvalue weighted by atomic mass is 35.5. The fourth-order valence-corrected chi connectivity index (χ4v) is 3.37. The first-order valence-electron chi connectivity index (χ1n) is 8.71. The molecule has 1 aliphatic heterocycles. The van der Waals surface area contributed by atoms with Crippen LogP contribution in [0.2, 0.25) is 5.02 Å². The first-order chi connectivity index (χ1) is 12.1. The van der Waals surface area contributed by atoms with Gasteiger partial charge in [0.15, 0.2) is 0 Å². The number of aromatic amines is 1. The van der Waals surface area contributed by atoms with E-state index < -0.39 is 17.7 Å². The smallest absolute Gasteiger partial charge is 0.408 e. The fraction of sp³-hybridized carbons (Fsp3) is 0.474. The molecule has 0 aliphatic carbocycles. The molecule has 2 aromatic rings. The van der Waals surface area contributed by atoms with Crippen molar-refractivity contribution in [2.24, 2.45) is 0 Å². The van der Waals surface area contributed by atoms with Crippen LogP contribution in [0.1, 0.15) is 39.0 Å². The van der Waals surface area contributed by atoms with Gasteiger partial charge >= 0.3 is 6.09 Å². The molecule has 26 heavy (non-hydrogen) atoms. The summed E-state index contributed by atoms with van der Waals surface area (Å²) in [6.45, 7) is 8.13. The van der Waals surface area contributed by atoms with Gasteiger partial charge in [-0.3, -0.25) is 4.79 Å². The van der Waals surface area contributed by atoms with Crippen LogP contribution in [0.3, 0.4) is 0 Å². The van der Waals surface area contributed by atoms with Crippen LogP contribution >= 0.6 is 11.6 Å². The molecule has 0 saturated heterocycles. The van der Waals surface area contributed by atoms with Crippen molar-refractivity contribution in [3.05, 3.63) is 34.5 Å². The average molecular weight is 378 g/mol. The number of carbonyl (C=O) groups is 2. The largest absolute Gasteiger partial charge is 0.444 e. The summed E-state index contributed by atoms with van der Waals surface area (Å²) in [6, 6.07) is 5.07. The molecule has 1 unspecified atom stereocenters. The van der Waals surface area contributed by atoms with Gasteiger partial charge in [-0.2, -0.15) is 0 Å². The van der Waals surface area contributed by atoms with E-state index in [-0.39, 0.29) is 5.91 Å². The van der Waals surface area contributed by atoms with Crippen LogP contribution in [0.25, 0.3) is 10.9 Å². The van der Waals surface area contributed by atoms with Crippen molar-refractivity contribution >= 4 is 34.5 Å². The Balaban J connectivity index is 1.71. The summed E-state index contributed by atoms with van der Waals surface area (Å²) in [5.74, 6) is -0.127. The second kappa shape index (κ2) is 6.83. The minimum absolute atomic E-state index is 0.127. The predicted octanol–water partition coefficient (Wildman–Crippen LogP) is 3.62. The quantitative estimate of drug-likeness (QED) is 0.839. The van der Waals surface area contributed by atoms with Crippen molar-refractivity contribution in [2.45, 2.75) is 52.3 Å². The highest BCUT2D eigenvalue weighted by Gasteiger charge is 2.28. The number of benzene rings is 1. The molecule has 1 atom stereocenters. The molecule has 2 heterocycles. The van der Waals surface area contributed by atoms with Crippen molar-refractivity contribution in [1.82, 2.24) is 15.2 Å². The number of alkyl carbamates (subject to hydrolysis) is 1. The molecule has 0 saturated carbocycles. The number of carbonyl (C=O) groups excluding carboxylic acids is 2. The van der Waals surface area contributed by atoms with E-state index in [4.69, 9.17) is 16.3 Å². The zero-order valence-electron chi connectivity index (χ0n) is 15.5. The maximum atomic E-state index is 12.8. The number of fused-ring (bicyclic) bond motifs is 3. The number of halogens is 1. The molecule has 1 aromatic heterocycles. The second-order valence-corrected chi connectivity index (χ2v) is 8.09. The number of rotatable bonds is 2. The van der Waals surface area contributed by atoms with E-state index in [0.717, 1.165) is 28.6 Å². The van der Waals surface area contributed by atoms with Crippen molar-refractivity contribution < 1.29 is 14.3 Å². The van der Waals surface area contributed by atoms with Crippen molar-refractivity contribution in [3.63, 3.8) is 0 Å². The summed E-state index contributed by atoms with van der Waals surface area (Å²) in [5, 5.41) is 4.33. The molecule has 6 nitrogen and oxygen atoms in total. The number of nitrogens with zero attached hydrogens (tertiary/aromatic N) is 1. The van der Waals surface area contributed by atoms with E-state index in [9.17, 15) is 9.59 Å². The van der Waals surface area contributed by atoms with Crippen LogP contribution < -0.4 is 5.32 Å². The Morgan fingerprint density at radius 2 is 2.08 bits per heavy atom. The summed E-state index contributed by atoms with van der Waals surface area (Å²) < 4.78 is 5.22. The van der Waals surface area contributed by atoms with Gasteiger partial charge in [0.05, 0.1) is 0 Å². The number of hydrogen-bond donors (Lipinski definition) is 2. The third-order valence-electron chi connectivity index (χ3n) is 4.35. The van der Waals surface area contributed by atoms with Crippen LogP contribution in [0.5, 0.6) is 0 Å². The van der Waals surface area contributed by atoms with Crippen molar-refractivity contribution in [3.8, 4) is 0 Å². The van der Waals surface area contributed by atoms with E-state index in [1.165, 1.54) is 0 Å². The van der Waals surface area contributed by atoms with E-state index in [2.05, 4.69) is 10.3 Å². The van der Waals surface area contributed by atoms with E-state index in [1.54, 1.807) is 32.6 Å². The zero-order chi connectivity index (χ0) is 19.1. The number of amides is 2. The lowest BCUT2D eigenvalue weighted by Gasteiger charge is -2.30. The Labute approximate surface area is 157 Å². The topological polar surface area (TPSA) is 74.4 Å². The summed E-state index contributed by atoms with van der Waals surface area (Å²) in [4.78, 5) is 29.8. The zero-order valence-corrected chi connectivity index (χ0v) is 16.2. The minimum atomic E-state index is -0.653. The Morgan fingerprint density at radius 1 is 1.35 bits per heavy atom. The lowest BCUT2D eigenvalue weighted by Crippen LogP contribution is -2.49. The van der Waals surface area contributed by atoms with Crippen LogP contribution in [-0.4, -0.2) is 40.1 Å². The van der Waals surface area contributed by atoms with E-state index in [1.807, 2.05) is 18.2 Å². The maximum absolute atomic E-state index is 12.8. The Hall–Kier alpha value is -2.21. The standard InChI is InChI=1S/C19H24ClN3O3/c1-11(21-18(25)26-19(2,3)4)17(24)23-8-7-16-14(10-23)13-9-12(20)5-6-15(13)22-16/h5-6,9,11,22H,7-8,10H2,1-4H3,(H,21,25). The van der Waals surface area contributed by atoms with Gasteiger partial charge in [0.25, 0.3) is 0 Å². The molecule has 3 rings (SSSR count). The van der Waals surface area contributed by atoms with Gasteiger partial charge in [0.2, 0.25) is 5.91 Å². The van der Waals surface area contributed by atoms with Crippen LogP contribution in [0.4, 0.5) is 4.79 Å². The highest BCUT2D eigenvalue weighted by Crippen LogP contribution is 2.30. The fourth-order valence-electron chi connectivity index (χ4n) is 3.19. The van der Waals surface area contributed by atoms with Gasteiger partial charge in [0.1, 0.15) is 11.6 Å². The predicted molar refractivity (Wildman–Crippen MR) is 101 cm³/mol. The number of H-pyrrole nitrogens is 1. The van der Waals surface area contributed by atoms with Gasteiger partial charge in [-0.15, -0.1) is 0 Å². The number of hydrogen-bond acceptors (Lipinski definition) is 3. The number of ether oxygens (including phenoxy) is 1. The van der Waals surface area contributed by atoms with Gasteiger partial charge in [0, 0.05) is 46.7 Å². The van der Waals surface area contributed by atoms with Gasteiger partial charge < -0.3 is 19.9 Å². The molecule has 0 radical (unpaired) electrons. The Kier molecular flexibility index (Phi) is 4.88. The van der Waals surface area contributed by atoms with Crippen LogP contribution in [0, 0.1) is 0 Å². The monoisotopic (exact) mass is 377 g/mol. The molecular formula is C19H24ClN3O3. The average Bonchev–Trinajstić information content (AvgIpc) is 2.89. The number of aromatic nitrogens is 1. The normalized spacial score (nSPS) is 15.5. The van der Waals surface area contributed by atoms with Gasteiger partial charge in [-0.25, -0.2) is 4.79 Å².